The van der Waals surface area contributed by atoms with Gasteiger partial charge in [-0.05, 0) is 24.1 Å². The number of sulfonamides is 1. The number of nitrogens with zero attached hydrogens (tertiary/aromatic N) is 1. The van der Waals surface area contributed by atoms with Crippen molar-refractivity contribution in [3.63, 3.8) is 0 Å². The summed E-state index contributed by atoms with van der Waals surface area (Å²) < 4.78 is 26.6. The monoisotopic (exact) mass is 273 g/mol. The van der Waals surface area contributed by atoms with E-state index in [0.717, 1.165) is 12.0 Å². The van der Waals surface area contributed by atoms with Gasteiger partial charge >= 0.3 is 0 Å². The Morgan fingerprint density at radius 2 is 1.47 bits per heavy atom. The van der Waals surface area contributed by atoms with Gasteiger partial charge in [0, 0.05) is 6.54 Å². The van der Waals surface area contributed by atoms with Crippen molar-refractivity contribution in [2.75, 3.05) is 6.54 Å². The summed E-state index contributed by atoms with van der Waals surface area (Å²) in [5, 5.41) is 0. The number of hydrogen-bond donors (Lipinski definition) is 0. The molecule has 1 saturated heterocycles. The summed E-state index contributed by atoms with van der Waals surface area (Å²) >= 11 is 0. The van der Waals surface area contributed by atoms with Crippen LogP contribution in [0.2, 0.25) is 0 Å². The highest BCUT2D eigenvalue weighted by Crippen LogP contribution is 2.37. The van der Waals surface area contributed by atoms with Crippen LogP contribution in [-0.4, -0.2) is 19.3 Å². The Morgan fingerprint density at radius 3 is 2.00 bits per heavy atom. The Kier molecular flexibility index (Phi) is 3.12. The molecule has 0 N–H and O–H groups in total. The predicted molar refractivity (Wildman–Crippen MR) is 74.1 cm³/mol. The summed E-state index contributed by atoms with van der Waals surface area (Å²) in [5.74, 6) is 0. The minimum atomic E-state index is -3.37. The molecular weight excluding hydrogens is 258 g/mol. The zero-order chi connectivity index (χ0) is 13.3. The fourth-order valence-corrected chi connectivity index (χ4v) is 4.07. The summed E-state index contributed by atoms with van der Waals surface area (Å²) in [7, 11) is -3.37. The topological polar surface area (TPSA) is 37.4 Å². The van der Waals surface area contributed by atoms with Gasteiger partial charge in [-0.1, -0.05) is 48.5 Å². The van der Waals surface area contributed by atoms with Crippen molar-refractivity contribution in [2.24, 2.45) is 0 Å². The van der Waals surface area contributed by atoms with Gasteiger partial charge < -0.3 is 0 Å². The Balaban J connectivity index is 1.92. The van der Waals surface area contributed by atoms with Crippen LogP contribution in [0.4, 0.5) is 0 Å². The van der Waals surface area contributed by atoms with Gasteiger partial charge in [0.05, 0.1) is 10.9 Å². The lowest BCUT2D eigenvalue weighted by atomic mass is 9.98. The molecule has 0 spiro atoms. The van der Waals surface area contributed by atoms with E-state index < -0.39 is 10.0 Å². The van der Waals surface area contributed by atoms with E-state index in [1.807, 2.05) is 36.4 Å². The molecule has 4 heteroatoms. The average Bonchev–Trinajstić information content (AvgIpc) is 2.39. The number of benzene rings is 2. The Morgan fingerprint density at radius 1 is 0.895 bits per heavy atom. The molecule has 1 atom stereocenters. The van der Waals surface area contributed by atoms with Crippen molar-refractivity contribution in [3.05, 3.63) is 66.2 Å². The van der Waals surface area contributed by atoms with Crippen LogP contribution in [0.3, 0.4) is 0 Å². The molecule has 1 fully saturated rings. The first kappa shape index (κ1) is 12.4. The molecule has 1 heterocycles. The highest BCUT2D eigenvalue weighted by atomic mass is 32.2. The van der Waals surface area contributed by atoms with E-state index in [4.69, 9.17) is 0 Å². The Bertz CT molecular complexity index is 653. The molecule has 0 bridgehead atoms. The van der Waals surface area contributed by atoms with E-state index in [2.05, 4.69) is 0 Å². The van der Waals surface area contributed by atoms with Crippen LogP contribution in [0, 0.1) is 0 Å². The maximum atomic E-state index is 12.5. The van der Waals surface area contributed by atoms with Crippen molar-refractivity contribution in [1.82, 2.24) is 4.31 Å². The fraction of sp³-hybridized carbons (Fsp3) is 0.200. The normalized spacial score (nSPS) is 19.9. The molecule has 3 rings (SSSR count). The van der Waals surface area contributed by atoms with Crippen LogP contribution in [0.15, 0.2) is 65.6 Å². The second kappa shape index (κ2) is 4.79. The first-order chi connectivity index (χ1) is 9.19. The first-order valence-corrected chi connectivity index (χ1v) is 7.75. The summed E-state index contributed by atoms with van der Waals surface area (Å²) in [4.78, 5) is 0.371. The van der Waals surface area contributed by atoms with Gasteiger partial charge in [-0.15, -0.1) is 0 Å². The summed E-state index contributed by atoms with van der Waals surface area (Å²) in [5.41, 5.74) is 1.06. The van der Waals surface area contributed by atoms with E-state index in [1.165, 1.54) is 0 Å². The van der Waals surface area contributed by atoms with Crippen molar-refractivity contribution in [3.8, 4) is 0 Å². The molecule has 0 amide bonds. The van der Waals surface area contributed by atoms with Gasteiger partial charge in [0.15, 0.2) is 0 Å². The summed E-state index contributed by atoms with van der Waals surface area (Å²) in [6.45, 7) is 0.594. The lowest BCUT2D eigenvalue weighted by Crippen LogP contribution is -2.44. The molecule has 0 aromatic heterocycles. The van der Waals surface area contributed by atoms with Crippen molar-refractivity contribution < 1.29 is 8.42 Å². The molecule has 0 radical (unpaired) electrons. The van der Waals surface area contributed by atoms with Crippen molar-refractivity contribution in [2.45, 2.75) is 17.4 Å². The smallest absolute Gasteiger partial charge is 0.207 e. The van der Waals surface area contributed by atoms with E-state index in [-0.39, 0.29) is 6.04 Å². The lowest BCUT2D eigenvalue weighted by Gasteiger charge is -2.39. The van der Waals surface area contributed by atoms with E-state index in [1.54, 1.807) is 28.6 Å². The van der Waals surface area contributed by atoms with Crippen LogP contribution in [0.25, 0.3) is 0 Å². The zero-order valence-electron chi connectivity index (χ0n) is 10.4. The van der Waals surface area contributed by atoms with Gasteiger partial charge in [-0.3, -0.25) is 0 Å². The predicted octanol–water partition coefficient (Wildman–Crippen LogP) is 2.82. The third kappa shape index (κ3) is 2.17. The van der Waals surface area contributed by atoms with Crippen LogP contribution in [-0.2, 0) is 10.0 Å². The van der Waals surface area contributed by atoms with E-state index in [0.29, 0.717) is 11.4 Å². The van der Waals surface area contributed by atoms with Crippen LogP contribution in [0.5, 0.6) is 0 Å². The SMILES string of the molecule is O=S(=O)(c1ccccc1)N1CCC1c1ccccc1. The molecule has 2 aromatic rings. The van der Waals surface area contributed by atoms with E-state index in [9.17, 15) is 8.42 Å². The van der Waals surface area contributed by atoms with Crippen molar-refractivity contribution in [1.29, 1.82) is 0 Å². The second-order valence-electron chi connectivity index (χ2n) is 4.64. The molecule has 1 aliphatic rings. The van der Waals surface area contributed by atoms with E-state index >= 15 is 0 Å². The first-order valence-electron chi connectivity index (χ1n) is 6.31. The Hall–Kier alpha value is -1.65. The maximum absolute atomic E-state index is 12.5. The van der Waals surface area contributed by atoms with Gasteiger partial charge in [0.1, 0.15) is 0 Å². The molecular formula is C15H15NO2S. The highest BCUT2D eigenvalue weighted by molar-refractivity contribution is 7.89. The maximum Gasteiger partial charge on any atom is 0.243 e. The van der Waals surface area contributed by atoms with Crippen LogP contribution in [0.1, 0.15) is 18.0 Å². The van der Waals surface area contributed by atoms with Crippen molar-refractivity contribution >= 4 is 10.0 Å². The van der Waals surface area contributed by atoms with Crippen LogP contribution >= 0.6 is 0 Å². The third-order valence-corrected chi connectivity index (χ3v) is 5.43. The second-order valence-corrected chi connectivity index (χ2v) is 6.53. The Labute approximate surface area is 113 Å². The zero-order valence-corrected chi connectivity index (χ0v) is 11.3. The molecule has 98 valence electrons. The minimum Gasteiger partial charge on any atom is -0.207 e. The fourth-order valence-electron chi connectivity index (χ4n) is 2.39. The lowest BCUT2D eigenvalue weighted by molar-refractivity contribution is 0.202. The number of rotatable bonds is 3. The molecule has 0 saturated carbocycles. The highest BCUT2D eigenvalue weighted by Gasteiger charge is 2.39. The summed E-state index contributed by atoms with van der Waals surface area (Å²) in [6.07, 6.45) is 0.885. The molecule has 3 nitrogen and oxygen atoms in total. The largest absolute Gasteiger partial charge is 0.243 e. The standard InChI is InChI=1S/C15H15NO2S/c17-19(18,14-9-5-2-6-10-14)16-12-11-15(16)13-7-3-1-4-8-13/h1-10,15H,11-12H2. The molecule has 0 aliphatic carbocycles. The van der Waals surface area contributed by atoms with Crippen LogP contribution < -0.4 is 0 Å². The number of hydrogen-bond acceptors (Lipinski definition) is 2. The van der Waals surface area contributed by atoms with Gasteiger partial charge in [-0.25, -0.2) is 8.42 Å². The van der Waals surface area contributed by atoms with Gasteiger partial charge in [0.25, 0.3) is 0 Å². The quantitative estimate of drug-likeness (QED) is 0.862. The molecule has 2 aromatic carbocycles. The molecule has 19 heavy (non-hydrogen) atoms. The third-order valence-electron chi connectivity index (χ3n) is 3.50. The summed E-state index contributed by atoms with van der Waals surface area (Å²) in [6, 6.07) is 18.4. The van der Waals surface area contributed by atoms with Gasteiger partial charge in [-0.2, -0.15) is 4.31 Å². The minimum absolute atomic E-state index is 0.0218. The van der Waals surface area contributed by atoms with Gasteiger partial charge in [0.2, 0.25) is 10.0 Å². The molecule has 1 aliphatic heterocycles. The molecule has 1 unspecified atom stereocenters. The average molecular weight is 273 g/mol.